The molecule has 0 saturated carbocycles. The molecule has 2 unspecified atom stereocenters. The van der Waals surface area contributed by atoms with Crippen LogP contribution in [0.25, 0.3) is 0 Å². The molecule has 0 aliphatic rings. The lowest BCUT2D eigenvalue weighted by Gasteiger charge is -2.18. The van der Waals surface area contributed by atoms with Crippen LogP contribution in [0.15, 0.2) is 54.6 Å². The van der Waals surface area contributed by atoms with Gasteiger partial charge in [0.05, 0.1) is 6.10 Å². The van der Waals surface area contributed by atoms with Crippen LogP contribution in [0, 0.1) is 0 Å². The van der Waals surface area contributed by atoms with E-state index in [0.29, 0.717) is 17.9 Å². The second kappa shape index (κ2) is 7.05. The standard InChI is InChI=1S/C16H19NO3/c1-17-11-15(18)16(19)12-6-5-9-14(10-12)20-13-7-3-2-4-8-13/h2-10,15-19H,11H2,1H3. The topological polar surface area (TPSA) is 61.7 Å². The highest BCUT2D eigenvalue weighted by molar-refractivity contribution is 5.34. The smallest absolute Gasteiger partial charge is 0.127 e. The fourth-order valence-electron chi connectivity index (χ4n) is 1.93. The molecular weight excluding hydrogens is 254 g/mol. The number of hydrogen-bond acceptors (Lipinski definition) is 4. The molecular formula is C16H19NO3. The van der Waals surface area contributed by atoms with E-state index < -0.39 is 12.2 Å². The van der Waals surface area contributed by atoms with E-state index in [1.807, 2.05) is 36.4 Å². The summed E-state index contributed by atoms with van der Waals surface area (Å²) in [4.78, 5) is 0. The molecule has 4 heteroatoms. The highest BCUT2D eigenvalue weighted by Gasteiger charge is 2.17. The van der Waals surface area contributed by atoms with E-state index in [-0.39, 0.29) is 0 Å². The molecule has 2 aromatic rings. The average Bonchev–Trinajstić information content (AvgIpc) is 2.48. The summed E-state index contributed by atoms with van der Waals surface area (Å²) in [6.07, 6.45) is -1.80. The molecule has 0 fully saturated rings. The summed E-state index contributed by atoms with van der Waals surface area (Å²) in [6, 6.07) is 16.5. The van der Waals surface area contributed by atoms with Crippen molar-refractivity contribution in [1.82, 2.24) is 5.32 Å². The number of nitrogens with one attached hydrogen (secondary N) is 1. The monoisotopic (exact) mass is 273 g/mol. The van der Waals surface area contributed by atoms with Crippen molar-refractivity contribution in [3.05, 3.63) is 60.2 Å². The number of hydrogen-bond donors (Lipinski definition) is 3. The minimum absolute atomic E-state index is 0.324. The molecule has 0 bridgehead atoms. The summed E-state index contributed by atoms with van der Waals surface area (Å²) in [5.41, 5.74) is 0.626. The second-order valence-electron chi connectivity index (χ2n) is 4.56. The summed E-state index contributed by atoms with van der Waals surface area (Å²) >= 11 is 0. The first-order valence-electron chi connectivity index (χ1n) is 6.54. The molecule has 0 aliphatic heterocycles. The zero-order chi connectivity index (χ0) is 14.4. The Bertz CT molecular complexity index is 530. The van der Waals surface area contributed by atoms with Crippen LogP contribution in [0.2, 0.25) is 0 Å². The van der Waals surface area contributed by atoms with E-state index in [1.54, 1.807) is 25.2 Å². The SMILES string of the molecule is CNCC(O)C(O)c1cccc(Oc2ccccc2)c1. The van der Waals surface area contributed by atoms with Crippen LogP contribution < -0.4 is 10.1 Å². The van der Waals surface area contributed by atoms with Gasteiger partial charge >= 0.3 is 0 Å². The third kappa shape index (κ3) is 3.81. The van der Waals surface area contributed by atoms with Crippen LogP contribution in [-0.2, 0) is 0 Å². The van der Waals surface area contributed by atoms with E-state index in [2.05, 4.69) is 5.32 Å². The predicted molar refractivity (Wildman–Crippen MR) is 77.9 cm³/mol. The number of ether oxygens (including phenoxy) is 1. The van der Waals surface area contributed by atoms with E-state index in [4.69, 9.17) is 4.74 Å². The van der Waals surface area contributed by atoms with Crippen molar-refractivity contribution in [2.75, 3.05) is 13.6 Å². The van der Waals surface area contributed by atoms with Crippen LogP contribution in [0.1, 0.15) is 11.7 Å². The Kier molecular flexibility index (Phi) is 5.12. The maximum atomic E-state index is 10.1. The van der Waals surface area contributed by atoms with Crippen molar-refractivity contribution >= 4 is 0 Å². The fourth-order valence-corrected chi connectivity index (χ4v) is 1.93. The van der Waals surface area contributed by atoms with Gasteiger partial charge in [0.15, 0.2) is 0 Å². The molecule has 2 rings (SSSR count). The molecule has 3 N–H and O–H groups in total. The number of aliphatic hydroxyl groups excluding tert-OH is 2. The molecule has 0 saturated heterocycles. The van der Waals surface area contributed by atoms with Crippen molar-refractivity contribution in [3.63, 3.8) is 0 Å². The van der Waals surface area contributed by atoms with E-state index in [0.717, 1.165) is 5.75 Å². The lowest BCUT2D eigenvalue weighted by molar-refractivity contribution is 0.0201. The van der Waals surface area contributed by atoms with Crippen LogP contribution in [-0.4, -0.2) is 29.9 Å². The van der Waals surface area contributed by atoms with Gasteiger partial charge in [0.25, 0.3) is 0 Å². The fraction of sp³-hybridized carbons (Fsp3) is 0.250. The third-order valence-electron chi connectivity index (χ3n) is 2.96. The molecule has 0 spiro atoms. The summed E-state index contributed by atoms with van der Waals surface area (Å²) in [5.74, 6) is 1.36. The number of para-hydroxylation sites is 1. The highest BCUT2D eigenvalue weighted by Crippen LogP contribution is 2.25. The zero-order valence-corrected chi connectivity index (χ0v) is 11.4. The van der Waals surface area contributed by atoms with E-state index in [9.17, 15) is 10.2 Å². The van der Waals surface area contributed by atoms with Crippen molar-refractivity contribution in [2.24, 2.45) is 0 Å². The molecule has 2 aromatic carbocycles. The van der Waals surface area contributed by atoms with Crippen molar-refractivity contribution in [1.29, 1.82) is 0 Å². The lowest BCUT2D eigenvalue weighted by atomic mass is 10.0. The Labute approximate surface area is 118 Å². The maximum absolute atomic E-state index is 10.1. The van der Waals surface area contributed by atoms with Gasteiger partial charge in [-0.2, -0.15) is 0 Å². The lowest BCUT2D eigenvalue weighted by Crippen LogP contribution is -2.29. The molecule has 0 radical (unpaired) electrons. The summed E-state index contributed by atoms with van der Waals surface area (Å²) in [6.45, 7) is 0.324. The number of aliphatic hydroxyl groups is 2. The minimum Gasteiger partial charge on any atom is -0.457 e. The largest absolute Gasteiger partial charge is 0.457 e. The summed E-state index contributed by atoms with van der Waals surface area (Å²) < 4.78 is 5.70. The first-order chi connectivity index (χ1) is 9.70. The second-order valence-corrected chi connectivity index (χ2v) is 4.56. The molecule has 106 valence electrons. The first kappa shape index (κ1) is 14.5. The van der Waals surface area contributed by atoms with Gasteiger partial charge in [-0.15, -0.1) is 0 Å². The van der Waals surface area contributed by atoms with Gasteiger partial charge in [0, 0.05) is 6.54 Å². The predicted octanol–water partition coefficient (Wildman–Crippen LogP) is 2.09. The van der Waals surface area contributed by atoms with Crippen LogP contribution in [0.4, 0.5) is 0 Å². The Morgan fingerprint density at radius 1 is 1.00 bits per heavy atom. The van der Waals surface area contributed by atoms with Crippen molar-refractivity contribution in [3.8, 4) is 11.5 Å². The van der Waals surface area contributed by atoms with Gasteiger partial charge in [0.2, 0.25) is 0 Å². The van der Waals surface area contributed by atoms with Gasteiger partial charge in [0.1, 0.15) is 17.6 Å². The Morgan fingerprint density at radius 2 is 1.70 bits per heavy atom. The van der Waals surface area contributed by atoms with Crippen LogP contribution in [0.3, 0.4) is 0 Å². The molecule has 0 aromatic heterocycles. The molecule has 20 heavy (non-hydrogen) atoms. The van der Waals surface area contributed by atoms with Crippen LogP contribution in [0.5, 0.6) is 11.5 Å². The van der Waals surface area contributed by atoms with Crippen molar-refractivity contribution < 1.29 is 14.9 Å². The number of benzene rings is 2. The van der Waals surface area contributed by atoms with Gasteiger partial charge in [-0.05, 0) is 36.9 Å². The van der Waals surface area contributed by atoms with Crippen molar-refractivity contribution in [2.45, 2.75) is 12.2 Å². The van der Waals surface area contributed by atoms with Gasteiger partial charge in [-0.3, -0.25) is 0 Å². The van der Waals surface area contributed by atoms with E-state index in [1.165, 1.54) is 0 Å². The molecule has 2 atom stereocenters. The number of likely N-dealkylation sites (N-methyl/N-ethyl adjacent to an activating group) is 1. The van der Waals surface area contributed by atoms with Crippen LogP contribution >= 0.6 is 0 Å². The normalized spacial score (nSPS) is 13.8. The quantitative estimate of drug-likeness (QED) is 0.754. The van der Waals surface area contributed by atoms with Gasteiger partial charge in [-0.25, -0.2) is 0 Å². The maximum Gasteiger partial charge on any atom is 0.127 e. The average molecular weight is 273 g/mol. The minimum atomic E-state index is -0.943. The van der Waals surface area contributed by atoms with E-state index >= 15 is 0 Å². The molecule has 0 amide bonds. The molecule has 4 nitrogen and oxygen atoms in total. The molecule has 0 heterocycles. The first-order valence-corrected chi connectivity index (χ1v) is 6.54. The summed E-state index contributed by atoms with van der Waals surface area (Å²) in [5, 5.41) is 22.7. The van der Waals surface area contributed by atoms with Gasteiger partial charge in [-0.1, -0.05) is 30.3 Å². The Morgan fingerprint density at radius 3 is 2.40 bits per heavy atom. The highest BCUT2D eigenvalue weighted by atomic mass is 16.5. The number of rotatable bonds is 6. The Hall–Kier alpha value is -1.88. The molecule has 0 aliphatic carbocycles. The third-order valence-corrected chi connectivity index (χ3v) is 2.96. The van der Waals surface area contributed by atoms with Gasteiger partial charge < -0.3 is 20.3 Å². The Balaban J connectivity index is 2.11. The zero-order valence-electron chi connectivity index (χ0n) is 11.4. The summed E-state index contributed by atoms with van der Waals surface area (Å²) in [7, 11) is 1.73.